The van der Waals surface area contributed by atoms with Crippen molar-refractivity contribution in [1.29, 1.82) is 0 Å². The number of hydrogen-bond donors (Lipinski definition) is 4. The van der Waals surface area contributed by atoms with Crippen LogP contribution in [0.3, 0.4) is 0 Å². The lowest BCUT2D eigenvalue weighted by molar-refractivity contribution is 0.0681. The molecule has 0 unspecified atom stereocenters. The molecule has 0 radical (unpaired) electrons. The summed E-state index contributed by atoms with van der Waals surface area (Å²) in [6.45, 7) is 0.242. The van der Waals surface area contributed by atoms with Gasteiger partial charge in [-0.1, -0.05) is 0 Å². The predicted octanol–water partition coefficient (Wildman–Crippen LogP) is 1.91. The Morgan fingerprint density at radius 1 is 1.15 bits per heavy atom. The van der Waals surface area contributed by atoms with E-state index >= 15 is 0 Å². The first kappa shape index (κ1) is 19.8. The van der Waals surface area contributed by atoms with Gasteiger partial charge in [-0.25, -0.2) is 4.98 Å². The number of hydrogen-bond acceptors (Lipinski definition) is 7. The Morgan fingerprint density at radius 3 is 2.37 bits per heavy atom. The molecule has 8 nitrogen and oxygen atoms in total. The maximum atomic E-state index is 11.8. The van der Waals surface area contributed by atoms with Crippen LogP contribution in [-0.2, 0) is 4.74 Å². The third-order valence-electron chi connectivity index (χ3n) is 5.84. The van der Waals surface area contributed by atoms with Gasteiger partial charge in [0, 0.05) is 32.0 Å². The number of rotatable bonds is 7. The van der Waals surface area contributed by atoms with Crippen LogP contribution in [0.15, 0.2) is 6.20 Å². The van der Waals surface area contributed by atoms with Gasteiger partial charge in [0.1, 0.15) is 5.82 Å². The van der Waals surface area contributed by atoms with Crippen LogP contribution < -0.4 is 16.4 Å². The molecule has 3 rings (SSSR count). The van der Waals surface area contributed by atoms with Gasteiger partial charge in [0.25, 0.3) is 5.91 Å². The second-order valence-electron chi connectivity index (χ2n) is 7.72. The van der Waals surface area contributed by atoms with E-state index in [1.807, 2.05) is 0 Å². The van der Waals surface area contributed by atoms with Gasteiger partial charge in [0.15, 0.2) is 0 Å². The number of aromatic nitrogens is 2. The van der Waals surface area contributed by atoms with Crippen molar-refractivity contribution in [3.05, 3.63) is 11.8 Å². The van der Waals surface area contributed by atoms with Gasteiger partial charge in [-0.2, -0.15) is 4.98 Å². The molecular weight excluding hydrogens is 346 g/mol. The Kier molecular flexibility index (Phi) is 6.84. The van der Waals surface area contributed by atoms with E-state index in [-0.39, 0.29) is 12.6 Å². The van der Waals surface area contributed by atoms with Gasteiger partial charge in [-0.15, -0.1) is 0 Å². The van der Waals surface area contributed by atoms with E-state index in [0.717, 1.165) is 51.4 Å². The number of amides is 1. The minimum atomic E-state index is -0.534. The average molecular weight is 377 g/mol. The minimum absolute atomic E-state index is 0.228. The number of nitrogens with zero attached hydrogens (tertiary/aromatic N) is 2. The van der Waals surface area contributed by atoms with E-state index in [1.54, 1.807) is 7.11 Å². The van der Waals surface area contributed by atoms with Crippen molar-refractivity contribution >= 4 is 17.7 Å². The third kappa shape index (κ3) is 5.29. The van der Waals surface area contributed by atoms with E-state index in [1.165, 1.54) is 6.20 Å². The summed E-state index contributed by atoms with van der Waals surface area (Å²) in [5.74, 6) is 0.864. The predicted molar refractivity (Wildman–Crippen MR) is 104 cm³/mol. The van der Waals surface area contributed by atoms with Crippen LogP contribution in [-0.4, -0.2) is 52.9 Å². The molecule has 2 fully saturated rings. The van der Waals surface area contributed by atoms with Crippen LogP contribution in [0.1, 0.15) is 61.7 Å². The fourth-order valence-corrected chi connectivity index (χ4v) is 4.05. The zero-order valence-electron chi connectivity index (χ0n) is 16.0. The zero-order chi connectivity index (χ0) is 19.2. The smallest absolute Gasteiger partial charge is 0.254 e. The summed E-state index contributed by atoms with van der Waals surface area (Å²) < 4.78 is 5.41. The van der Waals surface area contributed by atoms with Crippen LogP contribution in [0, 0.1) is 5.92 Å². The molecule has 2 saturated carbocycles. The topological polar surface area (TPSA) is 122 Å². The lowest BCUT2D eigenvalue weighted by Crippen LogP contribution is -2.31. The molecule has 0 saturated heterocycles. The van der Waals surface area contributed by atoms with Crippen LogP contribution in [0.4, 0.5) is 11.8 Å². The van der Waals surface area contributed by atoms with Crippen LogP contribution in [0.2, 0.25) is 0 Å². The number of aliphatic hydroxyl groups excluding tert-OH is 1. The maximum Gasteiger partial charge on any atom is 0.254 e. The molecule has 5 N–H and O–H groups in total. The third-order valence-corrected chi connectivity index (χ3v) is 5.84. The monoisotopic (exact) mass is 377 g/mol. The first-order valence-electron chi connectivity index (χ1n) is 9.92. The van der Waals surface area contributed by atoms with Crippen molar-refractivity contribution in [3.8, 4) is 0 Å². The largest absolute Gasteiger partial charge is 0.396 e. The Bertz CT molecular complexity index is 626. The van der Waals surface area contributed by atoms with Crippen molar-refractivity contribution < 1.29 is 14.6 Å². The number of anilines is 2. The highest BCUT2D eigenvalue weighted by molar-refractivity contribution is 5.97. The number of primary amides is 1. The molecule has 1 aromatic heterocycles. The molecule has 2 aliphatic rings. The molecule has 1 aromatic rings. The fraction of sp³-hybridized carbons (Fsp3) is 0.737. The molecule has 8 heteroatoms. The quantitative estimate of drug-likeness (QED) is 0.572. The summed E-state index contributed by atoms with van der Waals surface area (Å²) in [6.07, 6.45) is 9.72. The fourth-order valence-electron chi connectivity index (χ4n) is 4.05. The first-order chi connectivity index (χ1) is 13.1. The van der Waals surface area contributed by atoms with Crippen LogP contribution in [0.25, 0.3) is 0 Å². The van der Waals surface area contributed by atoms with E-state index in [0.29, 0.717) is 35.4 Å². The summed E-state index contributed by atoms with van der Waals surface area (Å²) in [4.78, 5) is 20.6. The van der Waals surface area contributed by atoms with Gasteiger partial charge < -0.3 is 26.2 Å². The van der Waals surface area contributed by atoms with Gasteiger partial charge in [0.05, 0.1) is 11.7 Å². The van der Waals surface area contributed by atoms with Crippen molar-refractivity contribution in [1.82, 2.24) is 9.97 Å². The summed E-state index contributed by atoms with van der Waals surface area (Å²) in [7, 11) is 1.76. The molecule has 0 bridgehead atoms. The van der Waals surface area contributed by atoms with Crippen molar-refractivity contribution in [3.63, 3.8) is 0 Å². The summed E-state index contributed by atoms with van der Waals surface area (Å²) >= 11 is 0. The highest BCUT2D eigenvalue weighted by Gasteiger charge is 2.24. The number of carbonyl (C=O) groups is 1. The van der Waals surface area contributed by atoms with E-state index < -0.39 is 5.91 Å². The summed E-state index contributed by atoms with van der Waals surface area (Å²) in [5, 5.41) is 16.0. The minimum Gasteiger partial charge on any atom is -0.396 e. The molecule has 150 valence electrons. The Labute approximate surface area is 160 Å². The molecule has 0 aliphatic heterocycles. The van der Waals surface area contributed by atoms with Crippen LogP contribution >= 0.6 is 0 Å². The molecule has 27 heavy (non-hydrogen) atoms. The van der Waals surface area contributed by atoms with E-state index in [9.17, 15) is 9.90 Å². The zero-order valence-corrected chi connectivity index (χ0v) is 16.0. The summed E-state index contributed by atoms with van der Waals surface area (Å²) in [6, 6.07) is 0.537. The molecule has 1 amide bonds. The van der Waals surface area contributed by atoms with E-state index in [4.69, 9.17) is 10.5 Å². The lowest BCUT2D eigenvalue weighted by atomic mass is 9.86. The van der Waals surface area contributed by atoms with Crippen molar-refractivity contribution in [2.45, 2.75) is 69.6 Å². The van der Waals surface area contributed by atoms with Gasteiger partial charge >= 0.3 is 0 Å². The number of ether oxygens (including phenoxy) is 1. The Balaban J connectivity index is 1.65. The second-order valence-corrected chi connectivity index (χ2v) is 7.72. The van der Waals surface area contributed by atoms with Gasteiger partial charge in [-0.3, -0.25) is 4.79 Å². The second kappa shape index (κ2) is 9.32. The van der Waals surface area contributed by atoms with Crippen LogP contribution in [0.5, 0.6) is 0 Å². The maximum absolute atomic E-state index is 11.8. The standard InChI is InChI=1S/C19H31N5O3/c1-27-15-8-6-14(7-9-15)23-19-21-10-16(17(20)26)18(24-19)22-13-4-2-12(11-25)3-5-13/h10,12-15,25H,2-9,11H2,1H3,(H2,20,26)(H2,21,22,23,24). The molecule has 2 aliphatic carbocycles. The molecule has 0 spiro atoms. The van der Waals surface area contributed by atoms with Crippen molar-refractivity contribution in [2.24, 2.45) is 11.7 Å². The SMILES string of the molecule is COC1CCC(Nc2ncc(C(N)=O)c(NC3CCC(CO)CC3)n2)CC1. The highest BCUT2D eigenvalue weighted by Crippen LogP contribution is 2.28. The average Bonchev–Trinajstić information content (AvgIpc) is 2.69. The molecule has 0 aromatic carbocycles. The number of carbonyl (C=O) groups excluding carboxylic acids is 1. The molecule has 1 heterocycles. The highest BCUT2D eigenvalue weighted by atomic mass is 16.5. The van der Waals surface area contributed by atoms with E-state index in [2.05, 4.69) is 20.6 Å². The molecule has 0 atom stereocenters. The lowest BCUT2D eigenvalue weighted by Gasteiger charge is -2.29. The first-order valence-corrected chi connectivity index (χ1v) is 9.92. The normalized spacial score (nSPS) is 28.5. The van der Waals surface area contributed by atoms with Gasteiger partial charge in [-0.05, 0) is 57.3 Å². The number of nitrogens with two attached hydrogens (primary N) is 1. The van der Waals surface area contributed by atoms with Gasteiger partial charge in [0.2, 0.25) is 5.95 Å². The summed E-state index contributed by atoms with van der Waals surface area (Å²) in [5.41, 5.74) is 5.81. The Hall–Kier alpha value is -1.93. The number of aliphatic hydroxyl groups is 1. The molecular formula is C19H31N5O3. The number of nitrogens with one attached hydrogen (secondary N) is 2. The Morgan fingerprint density at radius 2 is 1.78 bits per heavy atom. The van der Waals surface area contributed by atoms with Crippen molar-refractivity contribution in [2.75, 3.05) is 24.4 Å². The number of methoxy groups -OCH3 is 1.